The van der Waals surface area contributed by atoms with Crippen molar-refractivity contribution in [2.45, 2.75) is 13.2 Å². The van der Waals surface area contributed by atoms with Crippen molar-refractivity contribution in [2.24, 2.45) is 0 Å². The maximum atomic E-state index is 5.44. The zero-order chi connectivity index (χ0) is 16.9. The average molecular weight is 380 g/mol. The quantitative estimate of drug-likeness (QED) is 0.619. The van der Waals surface area contributed by atoms with Crippen LogP contribution in [0.25, 0.3) is 0 Å². The Morgan fingerprint density at radius 2 is 2.08 bits per heavy atom. The first kappa shape index (κ1) is 17.1. The van der Waals surface area contributed by atoms with Gasteiger partial charge in [0.05, 0.1) is 14.2 Å². The molecular formula is C16H19N4OS3+. The van der Waals surface area contributed by atoms with Gasteiger partial charge in [-0.1, -0.05) is 11.3 Å². The molecule has 5 nitrogen and oxygen atoms in total. The smallest absolute Gasteiger partial charge is 0.209 e. The molecule has 8 heteroatoms. The van der Waals surface area contributed by atoms with Crippen LogP contribution in [0.5, 0.6) is 5.75 Å². The van der Waals surface area contributed by atoms with E-state index < -0.39 is 0 Å². The summed E-state index contributed by atoms with van der Waals surface area (Å²) in [6.45, 7) is 1.71. The molecule has 0 fully saturated rings. The van der Waals surface area contributed by atoms with Gasteiger partial charge < -0.3 is 15.0 Å². The lowest BCUT2D eigenvalue weighted by Gasteiger charge is -2.12. The second-order valence-corrected chi connectivity index (χ2v) is 7.85. The van der Waals surface area contributed by atoms with Crippen LogP contribution in [0.2, 0.25) is 0 Å². The fraction of sp³-hybridized carbons (Fsp3) is 0.250. The second-order valence-electron chi connectivity index (χ2n) is 5.45. The van der Waals surface area contributed by atoms with E-state index in [1.165, 1.54) is 21.8 Å². The van der Waals surface area contributed by atoms with Gasteiger partial charge in [-0.25, -0.2) is 0 Å². The minimum absolute atomic E-state index is 0.746. The highest BCUT2D eigenvalue weighted by molar-refractivity contribution is 7.73. The lowest BCUT2D eigenvalue weighted by Crippen LogP contribution is -3.06. The first-order valence-electron chi connectivity index (χ1n) is 7.45. The van der Waals surface area contributed by atoms with Crippen LogP contribution < -0.4 is 15.0 Å². The number of thiophene rings is 1. The van der Waals surface area contributed by atoms with Crippen LogP contribution in [0, 0.1) is 3.95 Å². The van der Waals surface area contributed by atoms with Gasteiger partial charge in [0.15, 0.2) is 10.6 Å². The van der Waals surface area contributed by atoms with Crippen LogP contribution in [0.4, 0.5) is 10.8 Å². The monoisotopic (exact) mass is 379 g/mol. The number of aromatic nitrogens is 2. The first-order valence-corrected chi connectivity index (χ1v) is 9.62. The summed E-state index contributed by atoms with van der Waals surface area (Å²) in [5, 5.41) is 13.0. The highest BCUT2D eigenvalue weighted by Gasteiger charge is 2.10. The van der Waals surface area contributed by atoms with Gasteiger partial charge in [0.1, 0.15) is 12.3 Å². The zero-order valence-corrected chi connectivity index (χ0v) is 15.9. The first-order chi connectivity index (χ1) is 11.6. The molecule has 0 amide bonds. The van der Waals surface area contributed by atoms with Crippen molar-refractivity contribution >= 4 is 45.7 Å². The molecule has 0 aliphatic carbocycles. The molecule has 0 aliphatic rings. The van der Waals surface area contributed by atoms with E-state index in [2.05, 4.69) is 34.3 Å². The highest BCUT2D eigenvalue weighted by atomic mass is 32.1. The molecule has 24 heavy (non-hydrogen) atoms. The number of nitrogens with one attached hydrogen (secondary N) is 2. The number of ether oxygens (including phenoxy) is 1. The summed E-state index contributed by atoms with van der Waals surface area (Å²) in [6, 6.07) is 9.91. The molecule has 0 radical (unpaired) electrons. The van der Waals surface area contributed by atoms with Crippen LogP contribution in [0.1, 0.15) is 5.56 Å². The van der Waals surface area contributed by atoms with Crippen LogP contribution in [0.3, 0.4) is 0 Å². The second kappa shape index (κ2) is 7.89. The molecular weight excluding hydrogens is 360 g/mol. The van der Waals surface area contributed by atoms with Crippen molar-refractivity contribution in [3.63, 3.8) is 0 Å². The summed E-state index contributed by atoms with van der Waals surface area (Å²) in [4.78, 5) is 1.34. The van der Waals surface area contributed by atoms with E-state index in [9.17, 15) is 0 Å². The summed E-state index contributed by atoms with van der Waals surface area (Å²) in [7, 11) is 3.81. The van der Waals surface area contributed by atoms with Gasteiger partial charge in [-0.3, -0.25) is 0 Å². The normalized spacial score (nSPS) is 12.1. The Hall–Kier alpha value is -1.74. The number of rotatable bonds is 7. The lowest BCUT2D eigenvalue weighted by atomic mass is 10.3. The molecule has 2 heterocycles. The van der Waals surface area contributed by atoms with Crippen molar-refractivity contribution in [1.82, 2.24) is 9.78 Å². The Balaban J connectivity index is 1.64. The molecule has 0 saturated carbocycles. The molecule has 126 valence electrons. The van der Waals surface area contributed by atoms with Gasteiger partial charge in [-0.2, -0.15) is 16.0 Å². The zero-order valence-electron chi connectivity index (χ0n) is 13.5. The number of benzene rings is 1. The SMILES string of the molecule is COc1ccc(Nc2nn(C[NH+](C)Cc3ccsc3)c(=S)s2)cc1. The van der Waals surface area contributed by atoms with Gasteiger partial charge >= 0.3 is 0 Å². The summed E-state index contributed by atoms with van der Waals surface area (Å²) < 4.78 is 7.82. The summed E-state index contributed by atoms with van der Waals surface area (Å²) >= 11 is 8.65. The molecule has 0 bridgehead atoms. The topological polar surface area (TPSA) is 43.5 Å². The van der Waals surface area contributed by atoms with Crippen molar-refractivity contribution < 1.29 is 9.64 Å². The maximum absolute atomic E-state index is 5.44. The largest absolute Gasteiger partial charge is 0.497 e. The molecule has 0 aliphatic heterocycles. The van der Waals surface area contributed by atoms with Gasteiger partial charge in [0.25, 0.3) is 0 Å². The third-order valence-electron chi connectivity index (χ3n) is 3.45. The van der Waals surface area contributed by atoms with Crippen molar-refractivity contribution in [1.29, 1.82) is 0 Å². The standard InChI is InChI=1S/C16H18N4OS3/c1-19(9-12-7-8-23-10-12)11-20-16(22)24-15(18-20)17-13-3-5-14(21-2)6-4-13/h3-8,10H,9,11H2,1-2H3,(H,17,18)/p+1. The Kier molecular flexibility index (Phi) is 5.62. The van der Waals surface area contributed by atoms with Gasteiger partial charge in [-0.15, -0.1) is 5.10 Å². The number of hydrogen-bond donors (Lipinski definition) is 2. The number of hydrogen-bond acceptors (Lipinski definition) is 6. The van der Waals surface area contributed by atoms with Crippen LogP contribution >= 0.6 is 34.9 Å². The van der Waals surface area contributed by atoms with Crippen LogP contribution in [0.15, 0.2) is 41.1 Å². The molecule has 1 aromatic carbocycles. The number of quaternary nitrogens is 1. The molecule has 1 unspecified atom stereocenters. The Labute approximate surface area is 154 Å². The van der Waals surface area contributed by atoms with E-state index in [1.54, 1.807) is 18.4 Å². The fourth-order valence-corrected chi connectivity index (χ4v) is 4.00. The Morgan fingerprint density at radius 1 is 1.29 bits per heavy atom. The van der Waals surface area contributed by atoms with Crippen molar-refractivity contribution in [2.75, 3.05) is 19.5 Å². The molecule has 3 aromatic rings. The van der Waals surface area contributed by atoms with E-state index in [-0.39, 0.29) is 0 Å². The van der Waals surface area contributed by atoms with Crippen molar-refractivity contribution in [3.05, 3.63) is 50.6 Å². The van der Waals surface area contributed by atoms with E-state index >= 15 is 0 Å². The molecule has 0 saturated heterocycles. The minimum Gasteiger partial charge on any atom is -0.497 e. The predicted molar refractivity (Wildman–Crippen MR) is 102 cm³/mol. The molecule has 3 rings (SSSR count). The van der Waals surface area contributed by atoms with Gasteiger partial charge in [-0.05, 0) is 53.3 Å². The summed E-state index contributed by atoms with van der Waals surface area (Å²) in [6.07, 6.45) is 0. The van der Waals surface area contributed by atoms with E-state index in [4.69, 9.17) is 17.0 Å². The lowest BCUT2D eigenvalue weighted by molar-refractivity contribution is -0.917. The number of anilines is 2. The maximum Gasteiger partial charge on any atom is 0.209 e. The predicted octanol–water partition coefficient (Wildman–Crippen LogP) is 3.16. The summed E-state index contributed by atoms with van der Waals surface area (Å²) in [5.74, 6) is 0.831. The van der Waals surface area contributed by atoms with Gasteiger partial charge in [0, 0.05) is 11.3 Å². The average Bonchev–Trinajstić information content (AvgIpc) is 3.18. The van der Waals surface area contributed by atoms with Crippen LogP contribution in [-0.2, 0) is 13.2 Å². The van der Waals surface area contributed by atoms with E-state index in [0.717, 1.165) is 33.7 Å². The van der Waals surface area contributed by atoms with E-state index in [0.29, 0.717) is 0 Å². The Morgan fingerprint density at radius 3 is 2.75 bits per heavy atom. The summed E-state index contributed by atoms with van der Waals surface area (Å²) in [5.41, 5.74) is 2.31. The molecule has 2 aromatic heterocycles. The number of nitrogens with zero attached hydrogens (tertiary/aromatic N) is 2. The third-order valence-corrected chi connectivity index (χ3v) is 5.41. The number of methoxy groups -OCH3 is 1. The Bertz CT molecular complexity index is 824. The van der Waals surface area contributed by atoms with Crippen molar-refractivity contribution in [3.8, 4) is 5.75 Å². The fourth-order valence-electron chi connectivity index (χ4n) is 2.31. The van der Waals surface area contributed by atoms with Crippen LogP contribution in [-0.4, -0.2) is 23.9 Å². The highest BCUT2D eigenvalue weighted by Crippen LogP contribution is 2.22. The molecule has 2 N–H and O–H groups in total. The molecule has 0 spiro atoms. The third kappa shape index (κ3) is 4.41. The molecule has 1 atom stereocenters. The van der Waals surface area contributed by atoms with E-state index in [1.807, 2.05) is 28.9 Å². The minimum atomic E-state index is 0.746. The van der Waals surface area contributed by atoms with Gasteiger partial charge in [0.2, 0.25) is 5.13 Å².